The molecule has 5 heteroatoms. The molecule has 0 aromatic heterocycles. The van der Waals surface area contributed by atoms with Crippen molar-refractivity contribution in [2.45, 2.75) is 31.9 Å². The first kappa shape index (κ1) is 15.9. The van der Waals surface area contributed by atoms with Gasteiger partial charge in [-0.25, -0.2) is 0 Å². The van der Waals surface area contributed by atoms with Crippen LogP contribution in [0, 0.1) is 6.92 Å². The summed E-state index contributed by atoms with van der Waals surface area (Å²) >= 11 is 0. The van der Waals surface area contributed by atoms with Gasteiger partial charge in [-0.05, 0) is 25.3 Å². The Bertz CT molecular complexity index is 441. The highest BCUT2D eigenvalue weighted by molar-refractivity contribution is 5.82. The lowest BCUT2D eigenvalue weighted by molar-refractivity contribution is -0.122. The molecular weight excluding hydrogens is 268 g/mol. The molecule has 1 fully saturated rings. The number of aryl methyl sites for hydroxylation is 1. The van der Waals surface area contributed by atoms with Crippen molar-refractivity contribution in [3.63, 3.8) is 0 Å². The molecule has 1 amide bonds. The van der Waals surface area contributed by atoms with Crippen LogP contribution in [0.5, 0.6) is 0 Å². The van der Waals surface area contributed by atoms with E-state index >= 15 is 0 Å². The average Bonchev–Trinajstić information content (AvgIpc) is 3.00. The van der Waals surface area contributed by atoms with E-state index in [0.29, 0.717) is 19.8 Å². The van der Waals surface area contributed by atoms with Crippen LogP contribution < -0.4 is 11.1 Å². The summed E-state index contributed by atoms with van der Waals surface area (Å²) in [6.45, 7) is 4.68. The van der Waals surface area contributed by atoms with E-state index in [0.717, 1.165) is 30.6 Å². The smallest absolute Gasteiger partial charge is 0.241 e. The summed E-state index contributed by atoms with van der Waals surface area (Å²) in [5.41, 5.74) is 7.93. The number of benzene rings is 1. The van der Waals surface area contributed by atoms with Crippen molar-refractivity contribution >= 4 is 5.91 Å². The third-order valence-electron chi connectivity index (χ3n) is 3.58. The van der Waals surface area contributed by atoms with Crippen LogP contribution in [0.15, 0.2) is 24.3 Å². The summed E-state index contributed by atoms with van der Waals surface area (Å²) in [6, 6.07) is 7.08. The van der Waals surface area contributed by atoms with Crippen molar-refractivity contribution in [1.29, 1.82) is 0 Å². The Labute approximate surface area is 125 Å². The Kier molecular flexibility index (Phi) is 6.17. The monoisotopic (exact) mass is 292 g/mol. The molecule has 0 saturated carbocycles. The van der Waals surface area contributed by atoms with E-state index in [9.17, 15) is 4.79 Å². The zero-order chi connectivity index (χ0) is 15.1. The molecular formula is C16H24N2O3. The SMILES string of the molecule is Cc1ccc(C(N)C(=O)NCCCOC2CCOC2)cc1. The number of rotatable bonds is 7. The molecule has 1 aromatic rings. The molecule has 1 aromatic carbocycles. The molecule has 1 aliphatic rings. The van der Waals surface area contributed by atoms with Gasteiger partial charge in [0.25, 0.3) is 0 Å². The molecule has 1 aliphatic heterocycles. The third kappa shape index (κ3) is 5.12. The van der Waals surface area contributed by atoms with E-state index in [4.69, 9.17) is 15.2 Å². The number of amides is 1. The van der Waals surface area contributed by atoms with Crippen LogP contribution in [0.3, 0.4) is 0 Å². The van der Waals surface area contributed by atoms with Gasteiger partial charge < -0.3 is 20.5 Å². The number of hydrogen-bond acceptors (Lipinski definition) is 4. The second-order valence-corrected chi connectivity index (χ2v) is 5.39. The fourth-order valence-corrected chi connectivity index (χ4v) is 2.21. The zero-order valence-electron chi connectivity index (χ0n) is 12.5. The van der Waals surface area contributed by atoms with Crippen LogP contribution in [0.1, 0.15) is 30.0 Å². The number of nitrogens with two attached hydrogens (primary N) is 1. The Hall–Kier alpha value is -1.43. The van der Waals surface area contributed by atoms with Gasteiger partial charge in [0, 0.05) is 19.8 Å². The van der Waals surface area contributed by atoms with Crippen molar-refractivity contribution in [3.8, 4) is 0 Å². The van der Waals surface area contributed by atoms with Crippen LogP contribution in [-0.4, -0.2) is 38.4 Å². The third-order valence-corrected chi connectivity index (χ3v) is 3.58. The van der Waals surface area contributed by atoms with Crippen LogP contribution in [0.25, 0.3) is 0 Å². The van der Waals surface area contributed by atoms with E-state index < -0.39 is 6.04 Å². The molecule has 3 N–H and O–H groups in total. The Morgan fingerprint density at radius 3 is 2.90 bits per heavy atom. The minimum atomic E-state index is -0.616. The zero-order valence-corrected chi connectivity index (χ0v) is 12.5. The van der Waals surface area contributed by atoms with Crippen molar-refractivity contribution in [2.75, 3.05) is 26.4 Å². The van der Waals surface area contributed by atoms with Crippen molar-refractivity contribution in [2.24, 2.45) is 5.73 Å². The number of nitrogens with one attached hydrogen (secondary N) is 1. The number of hydrogen-bond donors (Lipinski definition) is 2. The topological polar surface area (TPSA) is 73.6 Å². The molecule has 2 unspecified atom stereocenters. The van der Waals surface area contributed by atoms with Crippen molar-refractivity contribution in [3.05, 3.63) is 35.4 Å². The Morgan fingerprint density at radius 2 is 2.24 bits per heavy atom. The van der Waals surface area contributed by atoms with Crippen molar-refractivity contribution < 1.29 is 14.3 Å². The summed E-state index contributed by atoms with van der Waals surface area (Å²) in [4.78, 5) is 12.0. The van der Waals surface area contributed by atoms with Gasteiger partial charge in [0.2, 0.25) is 5.91 Å². The maximum Gasteiger partial charge on any atom is 0.241 e. The van der Waals surface area contributed by atoms with Gasteiger partial charge in [0.1, 0.15) is 6.04 Å². The van der Waals surface area contributed by atoms with E-state index in [1.807, 2.05) is 31.2 Å². The molecule has 1 saturated heterocycles. The fourth-order valence-electron chi connectivity index (χ4n) is 2.21. The standard InChI is InChI=1S/C16H24N2O3/c1-12-3-5-13(6-4-12)15(17)16(19)18-8-2-9-21-14-7-10-20-11-14/h3-6,14-15H,2,7-11,17H2,1H3,(H,18,19). The Balaban J connectivity index is 1.63. The molecule has 21 heavy (non-hydrogen) atoms. The van der Waals surface area contributed by atoms with Crippen molar-refractivity contribution in [1.82, 2.24) is 5.32 Å². The van der Waals surface area contributed by atoms with Crippen LogP contribution in [-0.2, 0) is 14.3 Å². The molecule has 116 valence electrons. The highest BCUT2D eigenvalue weighted by Crippen LogP contribution is 2.11. The molecule has 0 aliphatic carbocycles. The fraction of sp³-hybridized carbons (Fsp3) is 0.562. The van der Waals surface area contributed by atoms with Crippen LogP contribution >= 0.6 is 0 Å². The predicted octanol–water partition coefficient (Wildman–Crippen LogP) is 1.31. The number of carbonyl (C=O) groups excluding carboxylic acids is 1. The maximum absolute atomic E-state index is 12.0. The molecule has 0 spiro atoms. The summed E-state index contributed by atoms with van der Waals surface area (Å²) in [7, 11) is 0. The molecule has 2 rings (SSSR count). The average molecular weight is 292 g/mol. The minimum Gasteiger partial charge on any atom is -0.379 e. The molecule has 0 bridgehead atoms. The quantitative estimate of drug-likeness (QED) is 0.743. The maximum atomic E-state index is 12.0. The first-order chi connectivity index (χ1) is 10.2. The van der Waals surface area contributed by atoms with Gasteiger partial charge in [0.15, 0.2) is 0 Å². The lowest BCUT2D eigenvalue weighted by Gasteiger charge is -2.13. The summed E-state index contributed by atoms with van der Waals surface area (Å²) in [5, 5.41) is 2.85. The van der Waals surface area contributed by atoms with E-state index in [1.54, 1.807) is 0 Å². The van der Waals surface area contributed by atoms with Crippen LogP contribution in [0.4, 0.5) is 0 Å². The lowest BCUT2D eigenvalue weighted by atomic mass is 10.1. The summed E-state index contributed by atoms with van der Waals surface area (Å²) < 4.78 is 10.9. The van der Waals surface area contributed by atoms with Gasteiger partial charge >= 0.3 is 0 Å². The second-order valence-electron chi connectivity index (χ2n) is 5.39. The second kappa shape index (κ2) is 8.12. The highest BCUT2D eigenvalue weighted by atomic mass is 16.5. The van der Waals surface area contributed by atoms with Gasteiger partial charge in [-0.3, -0.25) is 4.79 Å². The number of ether oxygens (including phenoxy) is 2. The summed E-state index contributed by atoms with van der Waals surface area (Å²) in [6.07, 6.45) is 1.96. The molecule has 0 radical (unpaired) electrons. The Morgan fingerprint density at radius 1 is 1.48 bits per heavy atom. The normalized spacial score (nSPS) is 19.4. The number of carbonyl (C=O) groups is 1. The van der Waals surface area contributed by atoms with Crippen LogP contribution in [0.2, 0.25) is 0 Å². The molecule has 5 nitrogen and oxygen atoms in total. The van der Waals surface area contributed by atoms with Gasteiger partial charge in [0.05, 0.1) is 12.7 Å². The first-order valence-electron chi connectivity index (χ1n) is 7.46. The molecule has 2 atom stereocenters. The van der Waals surface area contributed by atoms with E-state index in [2.05, 4.69) is 5.32 Å². The van der Waals surface area contributed by atoms with Gasteiger partial charge in [-0.15, -0.1) is 0 Å². The first-order valence-corrected chi connectivity index (χ1v) is 7.46. The highest BCUT2D eigenvalue weighted by Gasteiger charge is 2.16. The van der Waals surface area contributed by atoms with E-state index in [1.165, 1.54) is 0 Å². The predicted molar refractivity (Wildman–Crippen MR) is 80.9 cm³/mol. The molecule has 1 heterocycles. The largest absolute Gasteiger partial charge is 0.379 e. The van der Waals surface area contributed by atoms with Gasteiger partial charge in [-0.1, -0.05) is 29.8 Å². The summed E-state index contributed by atoms with van der Waals surface area (Å²) in [5.74, 6) is -0.150. The van der Waals surface area contributed by atoms with E-state index in [-0.39, 0.29) is 12.0 Å². The van der Waals surface area contributed by atoms with Gasteiger partial charge in [-0.2, -0.15) is 0 Å². The lowest BCUT2D eigenvalue weighted by Crippen LogP contribution is -2.35. The minimum absolute atomic E-state index is 0.150.